The minimum atomic E-state index is -0.732. The Morgan fingerprint density at radius 3 is 2.52 bits per heavy atom. The van der Waals surface area contributed by atoms with Gasteiger partial charge in [-0.2, -0.15) is 0 Å². The summed E-state index contributed by atoms with van der Waals surface area (Å²) >= 11 is 0. The van der Waals surface area contributed by atoms with Crippen LogP contribution in [0.2, 0.25) is 0 Å². The van der Waals surface area contributed by atoms with Crippen LogP contribution in [0.15, 0.2) is 52.4 Å². The van der Waals surface area contributed by atoms with Crippen LogP contribution in [-0.4, -0.2) is 26.7 Å². The molecule has 1 N–H and O–H groups in total. The van der Waals surface area contributed by atoms with Gasteiger partial charge in [-0.05, 0) is 36.8 Å². The predicted molar refractivity (Wildman–Crippen MR) is 90.5 cm³/mol. The molecule has 1 amide bonds. The predicted octanol–water partition coefficient (Wildman–Crippen LogP) is 3.10. The van der Waals surface area contributed by atoms with E-state index in [-0.39, 0.29) is 23.8 Å². The van der Waals surface area contributed by atoms with Gasteiger partial charge in [0.2, 0.25) is 0 Å². The van der Waals surface area contributed by atoms with Crippen LogP contribution >= 0.6 is 0 Å². The van der Waals surface area contributed by atoms with Crippen molar-refractivity contribution in [1.29, 1.82) is 0 Å². The number of carbonyl (C=O) groups excluding carboxylic acids is 2. The van der Waals surface area contributed by atoms with Gasteiger partial charge in [0.1, 0.15) is 17.6 Å². The minimum absolute atomic E-state index is 0.100. The second-order valence-corrected chi connectivity index (χ2v) is 6.42. The summed E-state index contributed by atoms with van der Waals surface area (Å²) in [5.74, 6) is -0.528. The van der Waals surface area contributed by atoms with Gasteiger partial charge in [0.05, 0.1) is 5.57 Å². The van der Waals surface area contributed by atoms with Crippen molar-refractivity contribution in [3.63, 3.8) is 0 Å². The van der Waals surface area contributed by atoms with Crippen LogP contribution in [0.5, 0.6) is 0 Å². The van der Waals surface area contributed by atoms with Crippen LogP contribution in [0.1, 0.15) is 37.0 Å². The number of aryl methyl sites for hydroxylation is 1. The van der Waals surface area contributed by atoms with E-state index in [1.165, 1.54) is 4.90 Å². The van der Waals surface area contributed by atoms with Crippen molar-refractivity contribution < 1.29 is 19.1 Å². The molecular weight excluding hydrogens is 320 g/mol. The number of ketones is 1. The fourth-order valence-electron chi connectivity index (χ4n) is 2.96. The van der Waals surface area contributed by atoms with Gasteiger partial charge in [-0.25, -0.2) is 0 Å². The standard InChI is InChI=1S/C19H20N2O4/c1-11(2)17(22)15-16(14-5-4-12(3)25-14)21(19(24)18(15)23)10-13-6-8-20-9-7-13/h4-9,11,16,23H,10H2,1-3H3. The number of aromatic nitrogens is 1. The Balaban J connectivity index is 2.05. The Labute approximate surface area is 145 Å². The molecule has 3 heterocycles. The van der Waals surface area contributed by atoms with E-state index >= 15 is 0 Å². The molecule has 3 rings (SSSR count). The number of rotatable bonds is 5. The summed E-state index contributed by atoms with van der Waals surface area (Å²) in [6.07, 6.45) is 3.27. The van der Waals surface area contributed by atoms with Crippen LogP contribution in [0.25, 0.3) is 0 Å². The number of Topliss-reactive ketones (excluding diaryl/α,β-unsaturated/α-hetero) is 1. The molecule has 0 aliphatic carbocycles. The molecule has 25 heavy (non-hydrogen) atoms. The maximum absolute atomic E-state index is 12.6. The van der Waals surface area contributed by atoms with E-state index in [2.05, 4.69) is 4.98 Å². The number of hydrogen-bond acceptors (Lipinski definition) is 5. The van der Waals surface area contributed by atoms with E-state index in [1.807, 2.05) is 0 Å². The number of pyridine rings is 1. The number of hydrogen-bond donors (Lipinski definition) is 1. The van der Waals surface area contributed by atoms with Crippen molar-refractivity contribution in [1.82, 2.24) is 9.88 Å². The lowest BCUT2D eigenvalue weighted by Crippen LogP contribution is -2.31. The van der Waals surface area contributed by atoms with E-state index < -0.39 is 17.7 Å². The first-order valence-electron chi connectivity index (χ1n) is 8.13. The molecule has 1 unspecified atom stereocenters. The highest BCUT2D eigenvalue weighted by Crippen LogP contribution is 2.40. The Hall–Kier alpha value is -2.89. The first kappa shape index (κ1) is 17.0. The Morgan fingerprint density at radius 1 is 1.28 bits per heavy atom. The van der Waals surface area contributed by atoms with Crippen molar-refractivity contribution >= 4 is 11.7 Å². The van der Waals surface area contributed by atoms with Crippen molar-refractivity contribution in [3.05, 3.63) is 65.1 Å². The molecule has 2 aromatic rings. The maximum Gasteiger partial charge on any atom is 0.290 e. The largest absolute Gasteiger partial charge is 0.503 e. The smallest absolute Gasteiger partial charge is 0.290 e. The molecule has 130 valence electrons. The number of nitrogens with zero attached hydrogens (tertiary/aromatic N) is 2. The van der Waals surface area contributed by atoms with Crippen LogP contribution in [0, 0.1) is 12.8 Å². The SMILES string of the molecule is Cc1ccc(C2C(C(=O)C(C)C)=C(O)C(=O)N2Cc2ccncc2)o1. The van der Waals surface area contributed by atoms with Crippen LogP contribution < -0.4 is 0 Å². The summed E-state index contributed by atoms with van der Waals surface area (Å²) in [6, 6.07) is 6.36. The normalized spacial score (nSPS) is 17.7. The average Bonchev–Trinajstić information content (AvgIpc) is 3.11. The molecule has 6 heteroatoms. The summed E-state index contributed by atoms with van der Waals surface area (Å²) in [5.41, 5.74) is 0.950. The lowest BCUT2D eigenvalue weighted by Gasteiger charge is -2.25. The number of aliphatic hydroxyl groups excluding tert-OH is 1. The van der Waals surface area contributed by atoms with E-state index in [9.17, 15) is 14.7 Å². The Morgan fingerprint density at radius 2 is 1.96 bits per heavy atom. The highest BCUT2D eigenvalue weighted by molar-refractivity contribution is 6.09. The molecule has 1 aliphatic rings. The average molecular weight is 340 g/mol. The summed E-state index contributed by atoms with van der Waals surface area (Å²) < 4.78 is 5.69. The summed E-state index contributed by atoms with van der Waals surface area (Å²) in [5, 5.41) is 10.4. The number of amides is 1. The summed E-state index contributed by atoms with van der Waals surface area (Å²) in [4.78, 5) is 30.7. The first-order chi connectivity index (χ1) is 11.9. The zero-order valence-electron chi connectivity index (χ0n) is 14.4. The van der Waals surface area contributed by atoms with Gasteiger partial charge >= 0.3 is 0 Å². The highest BCUT2D eigenvalue weighted by Gasteiger charge is 2.45. The molecule has 0 bridgehead atoms. The molecule has 0 fully saturated rings. The molecule has 0 saturated heterocycles. The van der Waals surface area contributed by atoms with E-state index in [4.69, 9.17) is 4.42 Å². The first-order valence-corrected chi connectivity index (χ1v) is 8.13. The fraction of sp³-hybridized carbons (Fsp3) is 0.316. The number of furan rings is 1. The van der Waals surface area contributed by atoms with E-state index in [1.54, 1.807) is 57.4 Å². The van der Waals surface area contributed by atoms with E-state index in [0.29, 0.717) is 11.5 Å². The maximum atomic E-state index is 12.6. The molecule has 1 aliphatic heterocycles. The molecule has 1 atom stereocenters. The van der Waals surface area contributed by atoms with Crippen LogP contribution in [0.3, 0.4) is 0 Å². The topological polar surface area (TPSA) is 83.6 Å². The van der Waals surface area contributed by atoms with Crippen molar-refractivity contribution in [2.24, 2.45) is 5.92 Å². The summed E-state index contributed by atoms with van der Waals surface area (Å²) in [7, 11) is 0. The van der Waals surface area contributed by atoms with Gasteiger partial charge < -0.3 is 14.4 Å². The van der Waals surface area contributed by atoms with Gasteiger partial charge in [-0.3, -0.25) is 14.6 Å². The zero-order valence-corrected chi connectivity index (χ0v) is 14.4. The minimum Gasteiger partial charge on any atom is -0.503 e. The van der Waals surface area contributed by atoms with Gasteiger partial charge in [-0.1, -0.05) is 13.8 Å². The Kier molecular flexibility index (Phi) is 4.44. The van der Waals surface area contributed by atoms with Crippen molar-refractivity contribution in [2.75, 3.05) is 0 Å². The third-order valence-corrected chi connectivity index (χ3v) is 4.23. The monoisotopic (exact) mass is 340 g/mol. The molecule has 6 nitrogen and oxygen atoms in total. The molecule has 0 radical (unpaired) electrons. The van der Waals surface area contributed by atoms with Crippen molar-refractivity contribution in [3.8, 4) is 0 Å². The third kappa shape index (κ3) is 3.07. The lowest BCUT2D eigenvalue weighted by atomic mass is 9.94. The third-order valence-electron chi connectivity index (χ3n) is 4.23. The number of aliphatic hydroxyl groups is 1. The fourth-order valence-corrected chi connectivity index (χ4v) is 2.96. The van der Waals surface area contributed by atoms with E-state index in [0.717, 1.165) is 5.56 Å². The number of carbonyl (C=O) groups is 2. The van der Waals surface area contributed by atoms with Crippen molar-refractivity contribution in [2.45, 2.75) is 33.4 Å². The lowest BCUT2D eigenvalue weighted by molar-refractivity contribution is -0.130. The van der Waals surface area contributed by atoms with Crippen LogP contribution in [-0.2, 0) is 16.1 Å². The molecule has 0 aromatic carbocycles. The van der Waals surface area contributed by atoms with Gasteiger partial charge in [0.25, 0.3) is 5.91 Å². The highest BCUT2D eigenvalue weighted by atomic mass is 16.3. The molecule has 0 saturated carbocycles. The molecule has 0 spiro atoms. The van der Waals surface area contributed by atoms with Gasteiger partial charge in [0, 0.05) is 24.9 Å². The molecular formula is C19H20N2O4. The summed E-state index contributed by atoms with van der Waals surface area (Å²) in [6.45, 7) is 5.51. The van der Waals surface area contributed by atoms with Gasteiger partial charge in [0.15, 0.2) is 11.5 Å². The van der Waals surface area contributed by atoms with Crippen LogP contribution in [0.4, 0.5) is 0 Å². The molecule has 2 aromatic heterocycles. The second-order valence-electron chi connectivity index (χ2n) is 6.42. The van der Waals surface area contributed by atoms with Gasteiger partial charge in [-0.15, -0.1) is 0 Å². The Bertz CT molecular complexity index is 836. The zero-order chi connectivity index (χ0) is 18.1. The second kappa shape index (κ2) is 6.55. The quantitative estimate of drug-likeness (QED) is 0.904.